The van der Waals surface area contributed by atoms with Gasteiger partial charge in [0.25, 0.3) is 0 Å². The van der Waals surface area contributed by atoms with E-state index in [0.717, 1.165) is 17.1 Å². The van der Waals surface area contributed by atoms with Gasteiger partial charge in [0.05, 0.1) is 0 Å². The average molecular weight is 275 g/mol. The van der Waals surface area contributed by atoms with Gasteiger partial charge < -0.3 is 10.0 Å². The SMILES string of the molecule is Cc1ccc(N(c2ccccc2)c2cccc(O)c2)cc1. The van der Waals surface area contributed by atoms with Crippen LogP contribution in [0.15, 0.2) is 78.9 Å². The Hall–Kier alpha value is -2.74. The normalized spacial score (nSPS) is 10.3. The third kappa shape index (κ3) is 2.90. The van der Waals surface area contributed by atoms with Crippen LogP contribution in [-0.2, 0) is 0 Å². The van der Waals surface area contributed by atoms with E-state index >= 15 is 0 Å². The van der Waals surface area contributed by atoms with Crippen molar-refractivity contribution in [1.82, 2.24) is 0 Å². The topological polar surface area (TPSA) is 23.5 Å². The number of rotatable bonds is 3. The lowest BCUT2D eigenvalue weighted by Crippen LogP contribution is -2.09. The highest BCUT2D eigenvalue weighted by molar-refractivity contribution is 5.77. The summed E-state index contributed by atoms with van der Waals surface area (Å²) in [5.74, 6) is 0.264. The lowest BCUT2D eigenvalue weighted by molar-refractivity contribution is 0.475. The Kier molecular flexibility index (Phi) is 3.61. The van der Waals surface area contributed by atoms with Crippen molar-refractivity contribution in [2.45, 2.75) is 6.92 Å². The first-order valence-electron chi connectivity index (χ1n) is 6.95. The molecule has 3 rings (SSSR count). The summed E-state index contributed by atoms with van der Waals surface area (Å²) in [4.78, 5) is 2.12. The van der Waals surface area contributed by atoms with Gasteiger partial charge in [-0.05, 0) is 43.3 Å². The molecule has 3 aromatic carbocycles. The number of hydrogen-bond donors (Lipinski definition) is 1. The molecular weight excluding hydrogens is 258 g/mol. The molecule has 104 valence electrons. The Labute approximate surface area is 124 Å². The number of phenols is 1. The van der Waals surface area contributed by atoms with Crippen molar-refractivity contribution in [1.29, 1.82) is 0 Å². The zero-order valence-electron chi connectivity index (χ0n) is 11.9. The maximum absolute atomic E-state index is 9.77. The van der Waals surface area contributed by atoms with Crippen molar-refractivity contribution < 1.29 is 5.11 Å². The molecule has 0 radical (unpaired) electrons. The smallest absolute Gasteiger partial charge is 0.117 e. The maximum atomic E-state index is 9.77. The van der Waals surface area contributed by atoms with E-state index in [2.05, 4.69) is 48.2 Å². The third-order valence-corrected chi connectivity index (χ3v) is 3.39. The molecule has 1 N–H and O–H groups in total. The average Bonchev–Trinajstić information content (AvgIpc) is 2.51. The van der Waals surface area contributed by atoms with Crippen molar-refractivity contribution in [3.63, 3.8) is 0 Å². The van der Waals surface area contributed by atoms with Crippen LogP contribution >= 0.6 is 0 Å². The van der Waals surface area contributed by atoms with Crippen LogP contribution in [0.25, 0.3) is 0 Å². The molecule has 21 heavy (non-hydrogen) atoms. The van der Waals surface area contributed by atoms with Crippen molar-refractivity contribution >= 4 is 17.1 Å². The number of aromatic hydroxyl groups is 1. The van der Waals surface area contributed by atoms with Crippen LogP contribution in [0.2, 0.25) is 0 Å². The molecule has 0 bridgehead atoms. The number of phenolic OH excluding ortho intramolecular Hbond substituents is 1. The molecular formula is C19H17NO. The number of benzene rings is 3. The van der Waals surface area contributed by atoms with Crippen LogP contribution in [0, 0.1) is 6.92 Å². The van der Waals surface area contributed by atoms with E-state index in [4.69, 9.17) is 0 Å². The van der Waals surface area contributed by atoms with Crippen molar-refractivity contribution in [3.05, 3.63) is 84.4 Å². The van der Waals surface area contributed by atoms with E-state index in [1.165, 1.54) is 5.56 Å². The number of aryl methyl sites for hydroxylation is 1. The van der Waals surface area contributed by atoms with Crippen LogP contribution < -0.4 is 4.90 Å². The van der Waals surface area contributed by atoms with E-state index in [1.54, 1.807) is 12.1 Å². The standard InChI is InChI=1S/C19H17NO/c1-15-10-12-17(13-11-15)20(16-6-3-2-4-7-16)18-8-5-9-19(21)14-18/h2-14,21H,1H3. The fourth-order valence-corrected chi connectivity index (χ4v) is 2.35. The molecule has 0 fully saturated rings. The number of hydrogen-bond acceptors (Lipinski definition) is 2. The first kappa shape index (κ1) is 13.3. The Morgan fingerprint density at radius 3 is 1.95 bits per heavy atom. The molecule has 0 aromatic heterocycles. The summed E-state index contributed by atoms with van der Waals surface area (Å²) in [6.07, 6.45) is 0. The molecule has 2 nitrogen and oxygen atoms in total. The number of para-hydroxylation sites is 1. The van der Waals surface area contributed by atoms with Crippen LogP contribution in [0.1, 0.15) is 5.56 Å². The van der Waals surface area contributed by atoms with E-state index in [9.17, 15) is 5.11 Å². The quantitative estimate of drug-likeness (QED) is 0.712. The lowest BCUT2D eigenvalue weighted by atomic mass is 10.1. The summed E-state index contributed by atoms with van der Waals surface area (Å²) >= 11 is 0. The fourth-order valence-electron chi connectivity index (χ4n) is 2.35. The molecule has 0 aliphatic heterocycles. The first-order chi connectivity index (χ1) is 10.2. The number of nitrogens with zero attached hydrogens (tertiary/aromatic N) is 1. The van der Waals surface area contributed by atoms with E-state index < -0.39 is 0 Å². The number of anilines is 3. The fraction of sp³-hybridized carbons (Fsp3) is 0.0526. The van der Waals surface area contributed by atoms with Crippen LogP contribution in [0.5, 0.6) is 5.75 Å². The van der Waals surface area contributed by atoms with Gasteiger partial charge >= 0.3 is 0 Å². The monoisotopic (exact) mass is 275 g/mol. The van der Waals surface area contributed by atoms with Gasteiger partial charge in [0, 0.05) is 23.1 Å². The second-order valence-corrected chi connectivity index (χ2v) is 5.03. The summed E-state index contributed by atoms with van der Waals surface area (Å²) in [5.41, 5.74) is 4.29. The van der Waals surface area contributed by atoms with Gasteiger partial charge in [-0.3, -0.25) is 0 Å². The van der Waals surface area contributed by atoms with Crippen LogP contribution in [0.4, 0.5) is 17.1 Å². The summed E-state index contributed by atoms with van der Waals surface area (Å²) in [6, 6.07) is 25.8. The van der Waals surface area contributed by atoms with E-state index in [1.807, 2.05) is 30.3 Å². The van der Waals surface area contributed by atoms with Crippen molar-refractivity contribution in [2.75, 3.05) is 4.90 Å². The summed E-state index contributed by atoms with van der Waals surface area (Å²) < 4.78 is 0. The highest BCUT2D eigenvalue weighted by Gasteiger charge is 2.12. The lowest BCUT2D eigenvalue weighted by Gasteiger charge is -2.25. The second kappa shape index (κ2) is 5.71. The first-order valence-corrected chi connectivity index (χ1v) is 6.95. The molecule has 0 heterocycles. The zero-order valence-corrected chi connectivity index (χ0v) is 11.9. The van der Waals surface area contributed by atoms with Crippen LogP contribution in [-0.4, -0.2) is 5.11 Å². The largest absolute Gasteiger partial charge is 0.508 e. The Bertz CT molecular complexity index is 720. The van der Waals surface area contributed by atoms with Gasteiger partial charge in [0.2, 0.25) is 0 Å². The minimum atomic E-state index is 0.264. The molecule has 0 amide bonds. The molecule has 0 saturated carbocycles. The second-order valence-electron chi connectivity index (χ2n) is 5.03. The van der Waals surface area contributed by atoms with Gasteiger partial charge in [0.1, 0.15) is 5.75 Å². The molecule has 2 heteroatoms. The minimum Gasteiger partial charge on any atom is -0.508 e. The predicted molar refractivity (Wildman–Crippen MR) is 87.5 cm³/mol. The molecule has 0 aliphatic carbocycles. The van der Waals surface area contributed by atoms with Gasteiger partial charge in [-0.2, -0.15) is 0 Å². The predicted octanol–water partition coefficient (Wildman–Crippen LogP) is 5.17. The van der Waals surface area contributed by atoms with Crippen molar-refractivity contribution in [3.8, 4) is 5.75 Å². The molecule has 0 atom stereocenters. The molecule has 0 spiro atoms. The molecule has 0 unspecified atom stereocenters. The van der Waals surface area contributed by atoms with E-state index in [-0.39, 0.29) is 5.75 Å². The minimum absolute atomic E-state index is 0.264. The summed E-state index contributed by atoms with van der Waals surface area (Å²) in [7, 11) is 0. The molecule has 0 saturated heterocycles. The van der Waals surface area contributed by atoms with Crippen molar-refractivity contribution in [2.24, 2.45) is 0 Å². The Morgan fingerprint density at radius 2 is 1.29 bits per heavy atom. The van der Waals surface area contributed by atoms with E-state index in [0.29, 0.717) is 0 Å². The summed E-state index contributed by atoms with van der Waals surface area (Å²) in [6.45, 7) is 2.07. The van der Waals surface area contributed by atoms with Gasteiger partial charge in [-0.1, -0.05) is 42.0 Å². The third-order valence-electron chi connectivity index (χ3n) is 3.39. The van der Waals surface area contributed by atoms with Gasteiger partial charge in [-0.25, -0.2) is 0 Å². The maximum Gasteiger partial charge on any atom is 0.117 e. The summed E-state index contributed by atoms with van der Waals surface area (Å²) in [5, 5.41) is 9.77. The molecule has 0 aliphatic rings. The molecule has 3 aromatic rings. The van der Waals surface area contributed by atoms with Crippen LogP contribution in [0.3, 0.4) is 0 Å². The highest BCUT2D eigenvalue weighted by Crippen LogP contribution is 2.35. The zero-order chi connectivity index (χ0) is 14.7. The Balaban J connectivity index is 2.13. The van der Waals surface area contributed by atoms with Gasteiger partial charge in [-0.15, -0.1) is 0 Å². The highest BCUT2D eigenvalue weighted by atomic mass is 16.3. The Morgan fingerprint density at radius 1 is 0.667 bits per heavy atom. The van der Waals surface area contributed by atoms with Gasteiger partial charge in [0.15, 0.2) is 0 Å².